The molecule has 4 atom stereocenters. The molecule has 1 heterocycles. The van der Waals surface area contributed by atoms with Crippen LogP contribution >= 0.6 is 23.4 Å². The number of nitrogens with one attached hydrogen (secondary N) is 1. The molecule has 0 spiro atoms. The zero-order valence-electron chi connectivity index (χ0n) is 27.1. The van der Waals surface area contributed by atoms with E-state index in [4.69, 9.17) is 21.3 Å². The monoisotopic (exact) mass is 676 g/mol. The van der Waals surface area contributed by atoms with Gasteiger partial charge in [0.25, 0.3) is 0 Å². The van der Waals surface area contributed by atoms with Crippen molar-refractivity contribution in [2.45, 2.75) is 88.0 Å². The average Bonchev–Trinajstić information content (AvgIpc) is 3.57. The third-order valence-electron chi connectivity index (χ3n) is 10.5. The van der Waals surface area contributed by atoms with E-state index in [1.54, 1.807) is 13.2 Å². The fourth-order valence-corrected chi connectivity index (χ4v) is 8.95. The minimum absolute atomic E-state index is 0.126. The molecular formula is C38H42ClFN2O4S. The maximum atomic E-state index is 14.8. The molecule has 1 saturated carbocycles. The number of ether oxygens (including phenoxy) is 1. The number of aliphatic hydroxyl groups excluding tert-OH is 1. The number of ketones is 1. The summed E-state index contributed by atoms with van der Waals surface area (Å²) in [6, 6.07) is 16.0. The summed E-state index contributed by atoms with van der Waals surface area (Å²) < 4.78 is 20.2. The Bertz CT molecular complexity index is 1800. The van der Waals surface area contributed by atoms with Crippen LogP contribution in [0.15, 0.2) is 71.4 Å². The number of aromatic amines is 1. The standard InChI is InChI=1S/C38H42ClFN2O4S/c1-23-6-5-16-37(2)30(15-17-38(37,45)22-47-36-41-33-14-12-26(46-3)20-34(33)42-36)27-13-10-24(18-25(43)11-9-23)19-28(27)35(44)21-29-31(39)7-4-8-32(29)40/h4,6-8,10,12-14,19-20,25,30,43,45H,5,9,11,15-18,21-22H2,1-3H3,(H,41,42)/t25-,30-,37-,38+/m0/s1. The van der Waals surface area contributed by atoms with Crippen LogP contribution in [-0.4, -0.2) is 50.5 Å². The lowest BCUT2D eigenvalue weighted by Gasteiger charge is -2.44. The van der Waals surface area contributed by atoms with Gasteiger partial charge in [0.2, 0.25) is 0 Å². The summed E-state index contributed by atoms with van der Waals surface area (Å²) in [7, 11) is 1.63. The topological polar surface area (TPSA) is 95.4 Å². The Morgan fingerprint density at radius 2 is 2.00 bits per heavy atom. The Balaban J connectivity index is 1.37. The average molecular weight is 677 g/mol. The van der Waals surface area contributed by atoms with E-state index in [1.807, 2.05) is 36.4 Å². The number of allylic oxidation sites excluding steroid dienone is 2. The third kappa shape index (κ3) is 6.89. The van der Waals surface area contributed by atoms with Crippen molar-refractivity contribution in [2.24, 2.45) is 5.41 Å². The molecule has 3 aromatic carbocycles. The van der Waals surface area contributed by atoms with Crippen LogP contribution in [0.3, 0.4) is 0 Å². The maximum absolute atomic E-state index is 14.8. The molecule has 4 aromatic rings. The number of hydrogen-bond acceptors (Lipinski definition) is 6. The van der Waals surface area contributed by atoms with Crippen molar-refractivity contribution in [1.82, 2.24) is 9.97 Å². The van der Waals surface area contributed by atoms with Crippen LogP contribution < -0.4 is 4.74 Å². The van der Waals surface area contributed by atoms with Gasteiger partial charge in [-0.2, -0.15) is 0 Å². The van der Waals surface area contributed by atoms with E-state index in [-0.39, 0.29) is 28.7 Å². The number of hydrogen-bond donors (Lipinski definition) is 3. The zero-order chi connectivity index (χ0) is 33.3. The Morgan fingerprint density at radius 1 is 1.17 bits per heavy atom. The number of imidazole rings is 1. The van der Waals surface area contributed by atoms with Gasteiger partial charge in [0.05, 0.1) is 29.8 Å². The van der Waals surface area contributed by atoms with Gasteiger partial charge >= 0.3 is 0 Å². The number of benzene rings is 3. The van der Waals surface area contributed by atoms with Gasteiger partial charge in [0, 0.05) is 39.8 Å². The molecule has 7 rings (SSSR count). The molecule has 9 heteroatoms. The molecule has 1 fully saturated rings. The Morgan fingerprint density at radius 3 is 2.79 bits per heavy atom. The molecular weight excluding hydrogens is 635 g/mol. The molecule has 6 nitrogen and oxygen atoms in total. The summed E-state index contributed by atoms with van der Waals surface area (Å²) in [5.74, 6) is 0.311. The van der Waals surface area contributed by atoms with Crippen LogP contribution in [0.4, 0.5) is 4.39 Å². The van der Waals surface area contributed by atoms with Crippen molar-refractivity contribution in [1.29, 1.82) is 0 Å². The number of carbonyl (C=O) groups is 1. The van der Waals surface area contributed by atoms with E-state index >= 15 is 0 Å². The molecule has 0 aliphatic heterocycles. The highest BCUT2D eigenvalue weighted by molar-refractivity contribution is 7.99. The van der Waals surface area contributed by atoms with E-state index < -0.39 is 22.9 Å². The first kappa shape index (κ1) is 33.7. The fraction of sp³-hybridized carbons (Fsp3) is 0.421. The van der Waals surface area contributed by atoms with Crippen LogP contribution in [0.1, 0.15) is 85.3 Å². The van der Waals surface area contributed by atoms with Crippen molar-refractivity contribution in [3.63, 3.8) is 0 Å². The molecule has 1 aromatic heterocycles. The van der Waals surface area contributed by atoms with E-state index in [1.165, 1.54) is 29.5 Å². The number of rotatable bonds is 7. The first-order valence-electron chi connectivity index (χ1n) is 16.3. The fourth-order valence-electron chi connectivity index (χ4n) is 7.52. The van der Waals surface area contributed by atoms with Gasteiger partial charge in [-0.3, -0.25) is 4.79 Å². The number of methoxy groups -OCH3 is 1. The summed E-state index contributed by atoms with van der Waals surface area (Å²) in [5, 5.41) is 24.4. The molecule has 3 aliphatic rings. The number of thioether (sulfide) groups is 1. The van der Waals surface area contributed by atoms with Gasteiger partial charge in [-0.05, 0) is 99.2 Å². The molecule has 0 amide bonds. The minimum atomic E-state index is -1.05. The van der Waals surface area contributed by atoms with Crippen molar-refractivity contribution in [3.8, 4) is 5.75 Å². The van der Waals surface area contributed by atoms with Crippen molar-refractivity contribution >= 4 is 40.2 Å². The summed E-state index contributed by atoms with van der Waals surface area (Å²) in [6.45, 7) is 4.26. The number of nitrogens with zero attached hydrogens (tertiary/aromatic N) is 1. The highest BCUT2D eigenvalue weighted by atomic mass is 35.5. The molecule has 248 valence electrons. The van der Waals surface area contributed by atoms with Crippen LogP contribution in [-0.2, 0) is 12.8 Å². The molecule has 0 unspecified atom stereocenters. The first-order valence-corrected chi connectivity index (χ1v) is 17.7. The summed E-state index contributed by atoms with van der Waals surface area (Å²) in [6.07, 6.45) is 6.03. The van der Waals surface area contributed by atoms with Crippen molar-refractivity contribution < 1.29 is 24.1 Å². The molecule has 47 heavy (non-hydrogen) atoms. The number of halogens is 2. The SMILES string of the molecule is COc1ccc2nc(SC[C@]3(O)CC[C@H]4c5ccc(cc5C(=O)Cc5c(F)cccc5Cl)C[C@@H](O)CCC(C)=CCC[C@@]43C)[nH]c2c1. The van der Waals surface area contributed by atoms with Crippen molar-refractivity contribution in [2.75, 3.05) is 12.9 Å². The van der Waals surface area contributed by atoms with Gasteiger partial charge in [-0.1, -0.05) is 60.1 Å². The van der Waals surface area contributed by atoms with E-state index in [9.17, 15) is 19.4 Å². The molecule has 0 saturated heterocycles. The molecule has 3 aliphatic carbocycles. The predicted molar refractivity (Wildman–Crippen MR) is 186 cm³/mol. The second-order valence-corrected chi connectivity index (χ2v) is 14.8. The number of H-pyrrole nitrogens is 1. The smallest absolute Gasteiger partial charge is 0.167 e. The zero-order valence-corrected chi connectivity index (χ0v) is 28.7. The Hall–Kier alpha value is -3.17. The van der Waals surface area contributed by atoms with Crippen LogP contribution in [0.2, 0.25) is 5.02 Å². The normalized spacial score (nSPS) is 25.0. The predicted octanol–water partition coefficient (Wildman–Crippen LogP) is 8.62. The molecule has 3 N–H and O–H groups in total. The lowest BCUT2D eigenvalue weighted by molar-refractivity contribution is -0.0422. The van der Waals surface area contributed by atoms with Crippen LogP contribution in [0.25, 0.3) is 11.0 Å². The quantitative estimate of drug-likeness (QED) is 0.103. The van der Waals surface area contributed by atoms with E-state index in [0.717, 1.165) is 45.9 Å². The van der Waals surface area contributed by atoms with Gasteiger partial charge in [-0.15, -0.1) is 0 Å². The second-order valence-electron chi connectivity index (χ2n) is 13.5. The van der Waals surface area contributed by atoms with Crippen molar-refractivity contribution in [3.05, 3.63) is 99.3 Å². The van der Waals surface area contributed by atoms with Gasteiger partial charge < -0.3 is 19.9 Å². The highest BCUT2D eigenvalue weighted by Gasteiger charge is 2.56. The minimum Gasteiger partial charge on any atom is -0.497 e. The lowest BCUT2D eigenvalue weighted by atomic mass is 9.65. The highest BCUT2D eigenvalue weighted by Crippen LogP contribution is 2.59. The molecule has 0 radical (unpaired) electrons. The summed E-state index contributed by atoms with van der Waals surface area (Å²) in [5.41, 5.74) is 3.69. The number of fused-ring (bicyclic) bond motifs is 9. The van der Waals surface area contributed by atoms with Gasteiger partial charge in [0.1, 0.15) is 11.6 Å². The summed E-state index contributed by atoms with van der Waals surface area (Å²) in [4.78, 5) is 22.2. The van der Waals surface area contributed by atoms with Gasteiger partial charge in [0.15, 0.2) is 10.9 Å². The Labute approximate surface area is 284 Å². The number of aromatic nitrogens is 2. The summed E-state index contributed by atoms with van der Waals surface area (Å²) >= 11 is 7.86. The maximum Gasteiger partial charge on any atom is 0.167 e. The first-order chi connectivity index (χ1) is 22.5. The largest absolute Gasteiger partial charge is 0.497 e. The van der Waals surface area contributed by atoms with Gasteiger partial charge in [-0.25, -0.2) is 9.37 Å². The van der Waals surface area contributed by atoms with E-state index in [0.29, 0.717) is 43.4 Å². The second kappa shape index (κ2) is 13.7. The lowest BCUT2D eigenvalue weighted by Crippen LogP contribution is -2.46. The molecule has 2 bridgehead atoms. The third-order valence-corrected chi connectivity index (χ3v) is 11.9. The number of Topliss-reactive ketones (excluding diaryl/α,β-unsaturated/α-hetero) is 1. The number of carbonyl (C=O) groups excluding carboxylic acids is 1. The number of aliphatic hydroxyl groups is 2. The van der Waals surface area contributed by atoms with E-state index in [2.05, 4.69) is 24.9 Å². The Kier molecular flexibility index (Phi) is 9.86. The van der Waals surface area contributed by atoms with Crippen LogP contribution in [0.5, 0.6) is 5.75 Å². The van der Waals surface area contributed by atoms with Crippen LogP contribution in [0, 0.1) is 11.2 Å².